The van der Waals surface area contributed by atoms with Crippen LogP contribution >= 0.6 is 15.8 Å². The minimum absolute atomic E-state index is 0.591. The van der Waals surface area contributed by atoms with Gasteiger partial charge in [-0.05, 0) is 0 Å². The number of rotatable bonds is 3. The van der Waals surface area contributed by atoms with Gasteiger partial charge in [0.05, 0.1) is 0 Å². The second-order valence-corrected chi connectivity index (χ2v) is 3.22. The molecule has 1 atom stereocenters. The summed E-state index contributed by atoms with van der Waals surface area (Å²) in [6.07, 6.45) is 0. The average molecular weight is 235 g/mol. The zero-order valence-electron chi connectivity index (χ0n) is 7.17. The Labute approximate surface area is 82.2 Å². The third-order valence-corrected chi connectivity index (χ3v) is 2.11. The van der Waals surface area contributed by atoms with Crippen molar-refractivity contribution < 1.29 is 24.1 Å². The molecule has 0 aromatic carbocycles. The predicted octanol–water partition coefficient (Wildman–Crippen LogP) is 0.541. The monoisotopic (exact) mass is 235 g/mol. The number of carbonyl (C=O) groups is 1. The quantitative estimate of drug-likeness (QED) is 0.547. The van der Waals surface area contributed by atoms with Gasteiger partial charge in [-0.1, -0.05) is 0 Å². The van der Waals surface area contributed by atoms with Gasteiger partial charge in [0.1, 0.15) is 0 Å². The van der Waals surface area contributed by atoms with Gasteiger partial charge in [-0.25, -0.2) is 0 Å². The zero-order valence-corrected chi connectivity index (χ0v) is 8.96. The Bertz CT molecular complexity index is 395. The third-order valence-electron chi connectivity index (χ3n) is 1.54. The summed E-state index contributed by atoms with van der Waals surface area (Å²) in [7, 11) is -1.18. The fourth-order valence-electron chi connectivity index (χ4n) is 0.559. The normalized spacial score (nSPS) is 13.6. The Morgan fingerprint density at radius 2 is 1.86 bits per heavy atom. The van der Waals surface area contributed by atoms with Crippen LogP contribution in [0.2, 0.25) is 0 Å². The second kappa shape index (κ2) is 6.00. The molecule has 0 fully saturated rings. The molecule has 0 rings (SSSR count). The predicted molar refractivity (Wildman–Crippen MR) is 48.0 cm³/mol. The molecule has 0 saturated heterocycles. The molecule has 0 aromatic rings. The SMILES string of the molecule is C[C@](CO)(C(=O)O)N(C#P=O)C#P=O. The summed E-state index contributed by atoms with van der Waals surface area (Å²) < 4.78 is 20.4. The summed E-state index contributed by atoms with van der Waals surface area (Å²) >= 11 is 0. The molecule has 0 aromatic heterocycles. The van der Waals surface area contributed by atoms with Crippen molar-refractivity contribution in [3.05, 3.63) is 0 Å². The van der Waals surface area contributed by atoms with Crippen molar-refractivity contribution in [1.29, 1.82) is 0 Å². The number of hydrogen-bond donors (Lipinski definition) is 2. The van der Waals surface area contributed by atoms with Crippen molar-refractivity contribution in [2.75, 3.05) is 6.61 Å². The number of carboxylic acids is 1. The summed E-state index contributed by atoms with van der Waals surface area (Å²) in [5.41, 5.74) is -1.77. The molecule has 0 radical (unpaired) electrons. The van der Waals surface area contributed by atoms with Gasteiger partial charge >= 0.3 is 81.4 Å². The summed E-state index contributed by atoms with van der Waals surface area (Å²) in [5.74, 6) is 2.73. The molecule has 0 amide bonds. The van der Waals surface area contributed by atoms with Gasteiger partial charge in [-0.2, -0.15) is 0 Å². The van der Waals surface area contributed by atoms with Crippen molar-refractivity contribution in [3.63, 3.8) is 0 Å². The first kappa shape index (κ1) is 13.4. The molecule has 0 aliphatic rings. The molecule has 0 bridgehead atoms. The average Bonchev–Trinajstić information content (AvgIpc) is 2.16. The number of hydrogen-bond acceptors (Lipinski definition) is 5. The van der Waals surface area contributed by atoms with Crippen LogP contribution in [0.25, 0.3) is 0 Å². The summed E-state index contributed by atoms with van der Waals surface area (Å²) in [5, 5.41) is 17.6. The molecule has 0 aliphatic heterocycles. The summed E-state index contributed by atoms with van der Waals surface area (Å²) in [6.45, 7) is 0.402. The van der Waals surface area contributed by atoms with Gasteiger partial charge in [0.2, 0.25) is 0 Å². The van der Waals surface area contributed by atoms with E-state index in [0.717, 1.165) is 6.92 Å². The van der Waals surface area contributed by atoms with Gasteiger partial charge < -0.3 is 0 Å². The van der Waals surface area contributed by atoms with E-state index in [1.807, 2.05) is 11.5 Å². The van der Waals surface area contributed by atoms with Gasteiger partial charge in [-0.15, -0.1) is 0 Å². The van der Waals surface area contributed by atoms with E-state index in [1.165, 1.54) is 0 Å². The van der Waals surface area contributed by atoms with E-state index in [2.05, 4.69) is 0 Å². The van der Waals surface area contributed by atoms with Crippen molar-refractivity contribution >= 4 is 21.8 Å². The van der Waals surface area contributed by atoms with E-state index < -0.39 is 33.9 Å². The number of aliphatic hydroxyl groups is 1. The Hall–Kier alpha value is -0.590. The minimum atomic E-state index is -1.77. The van der Waals surface area contributed by atoms with Crippen LogP contribution in [0.15, 0.2) is 0 Å². The van der Waals surface area contributed by atoms with E-state index in [4.69, 9.17) is 10.2 Å². The Morgan fingerprint density at radius 1 is 1.43 bits per heavy atom. The first-order valence-corrected chi connectivity index (χ1v) is 4.96. The molecular formula is C6H7NO5P2. The van der Waals surface area contributed by atoms with E-state index in [9.17, 15) is 13.9 Å². The van der Waals surface area contributed by atoms with E-state index in [0.29, 0.717) is 4.90 Å². The third kappa shape index (κ3) is 2.97. The van der Waals surface area contributed by atoms with Crippen molar-refractivity contribution in [2.24, 2.45) is 0 Å². The molecule has 0 heterocycles. The number of aliphatic hydroxyl groups excluding tert-OH is 1. The number of carboxylic acid groups (broad SMARTS) is 1. The first-order valence-electron chi connectivity index (χ1n) is 3.33. The van der Waals surface area contributed by atoms with Crippen LogP contribution < -0.4 is 0 Å². The van der Waals surface area contributed by atoms with Crippen LogP contribution in [0.1, 0.15) is 6.92 Å². The van der Waals surface area contributed by atoms with Crippen molar-refractivity contribution in [3.8, 4) is 11.5 Å². The standard InChI is InChI=1S/C6H7NO5P2/c1-6(2-8,5(9)10)7(3-13-11)4-14-12/h8H,2H2,1H3,(H,9,10)/t6-/m0/s1. The molecule has 76 valence electrons. The zero-order chi connectivity index (χ0) is 11.2. The van der Waals surface area contributed by atoms with Crippen molar-refractivity contribution in [2.45, 2.75) is 12.5 Å². The maximum absolute atomic E-state index is 10.8. The molecule has 0 saturated carbocycles. The summed E-state index contributed by atoms with van der Waals surface area (Å²) in [6, 6.07) is 0. The van der Waals surface area contributed by atoms with E-state index in [-0.39, 0.29) is 0 Å². The van der Waals surface area contributed by atoms with Crippen LogP contribution in [0.5, 0.6) is 0 Å². The number of nitrogens with zero attached hydrogens (tertiary/aromatic N) is 1. The Morgan fingerprint density at radius 3 is 2.07 bits per heavy atom. The topological polar surface area (TPSA) is 94.9 Å². The second-order valence-electron chi connectivity index (χ2n) is 2.46. The summed E-state index contributed by atoms with van der Waals surface area (Å²) in [4.78, 5) is 11.4. The molecule has 8 heteroatoms. The van der Waals surface area contributed by atoms with Gasteiger partial charge in [-0.3, -0.25) is 0 Å². The maximum atomic E-state index is 10.8. The van der Waals surface area contributed by atoms with Crippen LogP contribution in [0, 0.1) is 11.5 Å². The van der Waals surface area contributed by atoms with E-state index in [1.54, 1.807) is 0 Å². The fraction of sp³-hybridized carbons (Fsp3) is 0.500. The molecule has 6 nitrogen and oxygen atoms in total. The molecule has 0 unspecified atom stereocenters. The Kier molecular flexibility index (Phi) is 5.75. The first-order chi connectivity index (χ1) is 6.52. The molecular weight excluding hydrogens is 228 g/mol. The van der Waals surface area contributed by atoms with E-state index >= 15 is 0 Å². The number of aliphatic carboxylic acids is 1. The van der Waals surface area contributed by atoms with Crippen LogP contribution in [-0.4, -0.2) is 33.2 Å². The van der Waals surface area contributed by atoms with Gasteiger partial charge in [0.25, 0.3) is 0 Å². The Balaban J connectivity index is 5.38. The van der Waals surface area contributed by atoms with Crippen LogP contribution in [0.4, 0.5) is 0 Å². The van der Waals surface area contributed by atoms with Crippen LogP contribution in [-0.2, 0) is 13.9 Å². The molecule has 14 heavy (non-hydrogen) atoms. The molecule has 2 N–H and O–H groups in total. The fourth-order valence-corrected chi connectivity index (χ4v) is 1.34. The molecule has 0 spiro atoms. The molecule has 0 aliphatic carbocycles. The van der Waals surface area contributed by atoms with Gasteiger partial charge in [0.15, 0.2) is 0 Å². The van der Waals surface area contributed by atoms with Crippen LogP contribution in [0.3, 0.4) is 0 Å². The van der Waals surface area contributed by atoms with Crippen molar-refractivity contribution in [1.82, 2.24) is 4.90 Å². The van der Waals surface area contributed by atoms with Gasteiger partial charge in [0, 0.05) is 0 Å².